The van der Waals surface area contributed by atoms with Crippen LogP contribution in [0.4, 0.5) is 0 Å². The Bertz CT molecular complexity index is 514. The molecule has 0 aliphatic carbocycles. The number of hydrogen-bond donors (Lipinski definition) is 1. The van der Waals surface area contributed by atoms with E-state index < -0.39 is 0 Å². The molecule has 1 aromatic carbocycles. The normalized spacial score (nSPS) is 19.9. The molecule has 3 rings (SSSR count). The van der Waals surface area contributed by atoms with Gasteiger partial charge in [0.2, 0.25) is 0 Å². The van der Waals surface area contributed by atoms with E-state index in [9.17, 15) is 0 Å². The summed E-state index contributed by atoms with van der Waals surface area (Å²) in [4.78, 5) is 0. The molecule has 0 amide bonds. The van der Waals surface area contributed by atoms with Crippen molar-refractivity contribution in [3.63, 3.8) is 0 Å². The van der Waals surface area contributed by atoms with Crippen molar-refractivity contribution in [1.82, 2.24) is 15.1 Å². The summed E-state index contributed by atoms with van der Waals surface area (Å²) < 4.78 is 7.30. The van der Waals surface area contributed by atoms with Crippen molar-refractivity contribution >= 4 is 10.9 Å². The summed E-state index contributed by atoms with van der Waals surface area (Å²) >= 11 is 0. The summed E-state index contributed by atoms with van der Waals surface area (Å²) in [5.74, 6) is 0.885. The highest BCUT2D eigenvalue weighted by Crippen LogP contribution is 2.21. The first-order valence-electron chi connectivity index (χ1n) is 6.10. The maximum absolute atomic E-state index is 5.22. The monoisotopic (exact) mass is 231 g/mol. The first-order chi connectivity index (χ1) is 8.36. The fourth-order valence-electron chi connectivity index (χ4n) is 2.46. The summed E-state index contributed by atoms with van der Waals surface area (Å²) in [5, 5.41) is 9.09. The zero-order valence-corrected chi connectivity index (χ0v) is 10.0. The summed E-state index contributed by atoms with van der Waals surface area (Å²) in [6.07, 6.45) is 4.43. The van der Waals surface area contributed by atoms with Crippen LogP contribution in [0.1, 0.15) is 12.8 Å². The fourth-order valence-corrected chi connectivity index (χ4v) is 2.46. The van der Waals surface area contributed by atoms with E-state index in [1.807, 2.05) is 18.3 Å². The Morgan fingerprint density at radius 3 is 3.24 bits per heavy atom. The number of nitrogens with one attached hydrogen (secondary N) is 1. The Balaban J connectivity index is 1.89. The minimum absolute atomic E-state index is 0.570. The molecule has 2 aromatic rings. The largest absolute Gasteiger partial charge is 0.497 e. The standard InChI is InChI=1S/C13H17N3O/c1-17-12-4-5-13-10(7-12)8-15-16(13)9-11-3-2-6-14-11/h4-5,7-8,11,14H,2-3,6,9H2,1H3. The second-order valence-electron chi connectivity index (χ2n) is 4.54. The maximum atomic E-state index is 5.22. The van der Waals surface area contributed by atoms with Gasteiger partial charge in [0.1, 0.15) is 5.75 Å². The topological polar surface area (TPSA) is 39.1 Å². The van der Waals surface area contributed by atoms with Gasteiger partial charge in [0.05, 0.1) is 25.4 Å². The highest BCUT2D eigenvalue weighted by Gasteiger charge is 2.15. The predicted molar refractivity (Wildman–Crippen MR) is 67.3 cm³/mol. The molecule has 1 N–H and O–H groups in total. The van der Waals surface area contributed by atoms with Gasteiger partial charge in [-0.25, -0.2) is 0 Å². The summed E-state index contributed by atoms with van der Waals surface area (Å²) in [6, 6.07) is 6.67. The van der Waals surface area contributed by atoms with Crippen LogP contribution < -0.4 is 10.1 Å². The van der Waals surface area contributed by atoms with E-state index in [1.54, 1.807) is 7.11 Å². The highest BCUT2D eigenvalue weighted by molar-refractivity contribution is 5.80. The maximum Gasteiger partial charge on any atom is 0.119 e. The van der Waals surface area contributed by atoms with Crippen LogP contribution in [0.2, 0.25) is 0 Å². The van der Waals surface area contributed by atoms with Crippen LogP contribution in [0.15, 0.2) is 24.4 Å². The molecule has 1 fully saturated rings. The Kier molecular flexibility index (Phi) is 2.73. The van der Waals surface area contributed by atoms with E-state index in [0.717, 1.165) is 24.2 Å². The molecule has 2 heterocycles. The third-order valence-electron chi connectivity index (χ3n) is 3.40. The minimum Gasteiger partial charge on any atom is -0.497 e. The van der Waals surface area contributed by atoms with Crippen LogP contribution in [0, 0.1) is 0 Å². The van der Waals surface area contributed by atoms with Gasteiger partial charge in [-0.15, -0.1) is 0 Å². The Labute approximate surface area is 101 Å². The van der Waals surface area contributed by atoms with Crippen molar-refractivity contribution in [3.05, 3.63) is 24.4 Å². The van der Waals surface area contributed by atoms with E-state index in [-0.39, 0.29) is 0 Å². The fraction of sp³-hybridized carbons (Fsp3) is 0.462. The molecule has 1 aromatic heterocycles. The third-order valence-corrected chi connectivity index (χ3v) is 3.40. The predicted octanol–water partition coefficient (Wildman–Crippen LogP) is 1.80. The molecule has 1 unspecified atom stereocenters. The Morgan fingerprint density at radius 1 is 1.53 bits per heavy atom. The molecule has 1 saturated heterocycles. The van der Waals surface area contributed by atoms with E-state index in [1.165, 1.54) is 18.4 Å². The van der Waals surface area contributed by atoms with Gasteiger partial charge < -0.3 is 10.1 Å². The molecule has 0 saturated carbocycles. The van der Waals surface area contributed by atoms with Gasteiger partial charge in [0.25, 0.3) is 0 Å². The first kappa shape index (κ1) is 10.6. The second-order valence-corrected chi connectivity index (χ2v) is 4.54. The number of ether oxygens (including phenoxy) is 1. The molecule has 1 aliphatic heterocycles. The van der Waals surface area contributed by atoms with E-state index in [4.69, 9.17) is 4.74 Å². The van der Waals surface area contributed by atoms with Crippen LogP contribution in [-0.2, 0) is 6.54 Å². The average molecular weight is 231 g/mol. The van der Waals surface area contributed by atoms with Gasteiger partial charge in [-0.2, -0.15) is 5.10 Å². The molecule has 4 heteroatoms. The molecule has 0 spiro atoms. The molecular weight excluding hydrogens is 214 g/mol. The van der Waals surface area contributed by atoms with Crippen LogP contribution in [-0.4, -0.2) is 29.5 Å². The van der Waals surface area contributed by atoms with Crippen LogP contribution >= 0.6 is 0 Å². The van der Waals surface area contributed by atoms with Gasteiger partial charge >= 0.3 is 0 Å². The van der Waals surface area contributed by atoms with Gasteiger partial charge in [-0.1, -0.05) is 0 Å². The number of rotatable bonds is 3. The summed E-state index contributed by atoms with van der Waals surface area (Å²) in [6.45, 7) is 2.09. The molecule has 4 nitrogen and oxygen atoms in total. The zero-order valence-electron chi connectivity index (χ0n) is 10.0. The Hall–Kier alpha value is -1.55. The van der Waals surface area contributed by atoms with Gasteiger partial charge in [-0.05, 0) is 37.6 Å². The number of methoxy groups -OCH3 is 1. The smallest absolute Gasteiger partial charge is 0.119 e. The van der Waals surface area contributed by atoms with Gasteiger partial charge in [0.15, 0.2) is 0 Å². The van der Waals surface area contributed by atoms with Crippen molar-refractivity contribution in [2.75, 3.05) is 13.7 Å². The molecule has 1 aliphatic rings. The number of hydrogen-bond acceptors (Lipinski definition) is 3. The van der Waals surface area contributed by atoms with Crippen molar-refractivity contribution in [2.45, 2.75) is 25.4 Å². The van der Waals surface area contributed by atoms with Crippen LogP contribution in [0.25, 0.3) is 10.9 Å². The molecular formula is C13H17N3O. The molecule has 0 bridgehead atoms. The molecule has 1 atom stereocenters. The van der Waals surface area contributed by atoms with Gasteiger partial charge in [-0.3, -0.25) is 4.68 Å². The van der Waals surface area contributed by atoms with Gasteiger partial charge in [0, 0.05) is 11.4 Å². The average Bonchev–Trinajstić information content (AvgIpc) is 2.99. The van der Waals surface area contributed by atoms with Crippen LogP contribution in [0.3, 0.4) is 0 Å². The number of fused-ring (bicyclic) bond motifs is 1. The number of nitrogens with zero attached hydrogens (tertiary/aromatic N) is 2. The van der Waals surface area contributed by atoms with E-state index in [0.29, 0.717) is 6.04 Å². The van der Waals surface area contributed by atoms with Crippen molar-refractivity contribution in [3.8, 4) is 5.75 Å². The van der Waals surface area contributed by atoms with Crippen molar-refractivity contribution in [2.24, 2.45) is 0 Å². The van der Waals surface area contributed by atoms with E-state index in [2.05, 4.69) is 21.2 Å². The highest BCUT2D eigenvalue weighted by atomic mass is 16.5. The van der Waals surface area contributed by atoms with E-state index >= 15 is 0 Å². The number of benzene rings is 1. The first-order valence-corrected chi connectivity index (χ1v) is 6.10. The second kappa shape index (κ2) is 4.37. The number of aromatic nitrogens is 2. The van der Waals surface area contributed by atoms with Crippen molar-refractivity contribution in [1.29, 1.82) is 0 Å². The minimum atomic E-state index is 0.570. The lowest BCUT2D eigenvalue weighted by Gasteiger charge is -2.11. The lowest BCUT2D eigenvalue weighted by Crippen LogP contribution is -2.27. The van der Waals surface area contributed by atoms with Crippen LogP contribution in [0.5, 0.6) is 5.75 Å². The van der Waals surface area contributed by atoms with Crippen molar-refractivity contribution < 1.29 is 4.74 Å². The Morgan fingerprint density at radius 2 is 2.47 bits per heavy atom. The SMILES string of the molecule is COc1ccc2c(cnn2CC2CCCN2)c1. The molecule has 17 heavy (non-hydrogen) atoms. The lowest BCUT2D eigenvalue weighted by molar-refractivity contribution is 0.415. The molecule has 90 valence electrons. The quantitative estimate of drug-likeness (QED) is 0.875. The molecule has 0 radical (unpaired) electrons. The lowest BCUT2D eigenvalue weighted by atomic mass is 10.2. The summed E-state index contributed by atoms with van der Waals surface area (Å²) in [7, 11) is 1.69. The third kappa shape index (κ3) is 2.00. The zero-order chi connectivity index (χ0) is 11.7. The summed E-state index contributed by atoms with van der Waals surface area (Å²) in [5.41, 5.74) is 1.18.